The molecule has 0 atom stereocenters. The van der Waals surface area contributed by atoms with E-state index in [0.717, 1.165) is 19.3 Å². The standard InChI is InChI=1S/C28H30N4O4S/c1-18(33)19-4-6-20(7-5-19)24(34)31-13-10-28(11-14-31)12-15-32(17-28)25(35)21-8-9-22-23(16-21)29-27(37-3)30(2)26(22)36/h4-9,16H,10-15,17H2,1-3H3. The van der Waals surface area contributed by atoms with Crippen LogP contribution in [0.25, 0.3) is 10.9 Å². The van der Waals surface area contributed by atoms with Gasteiger partial charge in [0.2, 0.25) is 0 Å². The summed E-state index contributed by atoms with van der Waals surface area (Å²) in [6.07, 6.45) is 4.48. The third kappa shape index (κ3) is 4.68. The van der Waals surface area contributed by atoms with Crippen LogP contribution >= 0.6 is 11.8 Å². The Morgan fingerprint density at radius 3 is 2.05 bits per heavy atom. The Hall–Kier alpha value is -3.46. The molecule has 9 heteroatoms. The van der Waals surface area contributed by atoms with Gasteiger partial charge in [-0.15, -0.1) is 0 Å². The number of benzene rings is 2. The van der Waals surface area contributed by atoms with Gasteiger partial charge in [-0.05, 0) is 68.2 Å². The SMILES string of the molecule is CSc1nc2cc(C(=O)N3CCC4(CCN(C(=O)c5ccc(C(C)=O)cc5)CC4)C3)ccc2c(=O)n1C. The average Bonchev–Trinajstić information content (AvgIpc) is 3.33. The van der Waals surface area contributed by atoms with Gasteiger partial charge in [0, 0.05) is 49.9 Å². The summed E-state index contributed by atoms with van der Waals surface area (Å²) >= 11 is 1.40. The molecule has 0 N–H and O–H groups in total. The molecule has 0 bridgehead atoms. The quantitative estimate of drug-likeness (QED) is 0.298. The van der Waals surface area contributed by atoms with Crippen LogP contribution < -0.4 is 5.56 Å². The Balaban J connectivity index is 1.25. The molecule has 2 aliphatic rings. The van der Waals surface area contributed by atoms with Crippen LogP contribution in [0.5, 0.6) is 0 Å². The van der Waals surface area contributed by atoms with Gasteiger partial charge in [0.1, 0.15) is 0 Å². The topological polar surface area (TPSA) is 92.6 Å². The zero-order valence-electron chi connectivity index (χ0n) is 21.3. The number of carbonyl (C=O) groups is 3. The maximum atomic E-state index is 13.4. The Kier molecular flexibility index (Phi) is 6.66. The Morgan fingerprint density at radius 1 is 0.865 bits per heavy atom. The van der Waals surface area contributed by atoms with Gasteiger partial charge < -0.3 is 9.80 Å². The molecule has 0 aliphatic carbocycles. The molecular weight excluding hydrogens is 488 g/mol. The molecule has 37 heavy (non-hydrogen) atoms. The second-order valence-corrected chi connectivity index (χ2v) is 10.9. The molecule has 1 aromatic heterocycles. The van der Waals surface area contributed by atoms with Crippen LogP contribution in [0.2, 0.25) is 0 Å². The fourth-order valence-electron chi connectivity index (χ4n) is 5.48. The predicted octanol–water partition coefficient (Wildman–Crippen LogP) is 3.63. The van der Waals surface area contributed by atoms with Gasteiger partial charge in [0.25, 0.3) is 17.4 Å². The first-order chi connectivity index (χ1) is 17.7. The number of rotatable bonds is 4. The maximum absolute atomic E-state index is 13.4. The summed E-state index contributed by atoms with van der Waals surface area (Å²) in [7, 11) is 1.70. The van der Waals surface area contributed by atoms with Crippen LogP contribution in [-0.2, 0) is 7.05 Å². The molecule has 0 radical (unpaired) electrons. The summed E-state index contributed by atoms with van der Waals surface area (Å²) in [5.41, 5.74) is 2.16. The fraction of sp³-hybridized carbons (Fsp3) is 0.393. The van der Waals surface area contributed by atoms with Crippen molar-refractivity contribution in [3.8, 4) is 0 Å². The number of piperidine rings is 1. The Bertz CT molecular complexity index is 1460. The lowest BCUT2D eigenvalue weighted by Gasteiger charge is -2.39. The molecule has 1 spiro atoms. The van der Waals surface area contributed by atoms with Crippen LogP contribution in [0.15, 0.2) is 52.4 Å². The first kappa shape index (κ1) is 25.2. The summed E-state index contributed by atoms with van der Waals surface area (Å²) in [5.74, 6) is -0.0838. The van der Waals surface area contributed by atoms with E-state index < -0.39 is 0 Å². The molecule has 2 aromatic carbocycles. The van der Waals surface area contributed by atoms with Crippen LogP contribution in [0, 0.1) is 5.41 Å². The molecular formula is C28H30N4O4S. The predicted molar refractivity (Wildman–Crippen MR) is 143 cm³/mol. The van der Waals surface area contributed by atoms with Gasteiger partial charge in [-0.2, -0.15) is 0 Å². The molecule has 8 nitrogen and oxygen atoms in total. The summed E-state index contributed by atoms with van der Waals surface area (Å²) < 4.78 is 1.52. The number of thioether (sulfide) groups is 1. The zero-order chi connectivity index (χ0) is 26.3. The van der Waals surface area contributed by atoms with Gasteiger partial charge in [-0.3, -0.25) is 23.7 Å². The minimum absolute atomic E-state index is 0.0159. The summed E-state index contributed by atoms with van der Waals surface area (Å²) in [4.78, 5) is 58.8. The van der Waals surface area contributed by atoms with Gasteiger partial charge in [-0.25, -0.2) is 4.98 Å². The van der Waals surface area contributed by atoms with Crippen LogP contribution in [0.1, 0.15) is 57.3 Å². The number of aromatic nitrogens is 2. The second-order valence-electron chi connectivity index (χ2n) is 10.1. The second kappa shape index (κ2) is 9.78. The van der Waals surface area contributed by atoms with E-state index in [-0.39, 0.29) is 28.6 Å². The highest BCUT2D eigenvalue weighted by atomic mass is 32.2. The number of hydrogen-bond acceptors (Lipinski definition) is 6. The molecule has 2 saturated heterocycles. The van der Waals surface area contributed by atoms with Crippen molar-refractivity contribution in [3.63, 3.8) is 0 Å². The molecule has 3 heterocycles. The smallest absolute Gasteiger partial charge is 0.261 e. The lowest BCUT2D eigenvalue weighted by molar-refractivity contribution is 0.0565. The average molecular weight is 519 g/mol. The number of carbonyl (C=O) groups excluding carboxylic acids is 3. The minimum Gasteiger partial charge on any atom is -0.339 e. The number of ketones is 1. The fourth-order valence-corrected chi connectivity index (χ4v) is 6.03. The first-order valence-corrected chi connectivity index (χ1v) is 13.7. The highest BCUT2D eigenvalue weighted by Gasteiger charge is 2.43. The number of hydrogen-bond donors (Lipinski definition) is 0. The monoisotopic (exact) mass is 518 g/mol. The van der Waals surface area contributed by atoms with Gasteiger partial charge in [-0.1, -0.05) is 23.9 Å². The number of likely N-dealkylation sites (tertiary alicyclic amines) is 2. The molecule has 2 aliphatic heterocycles. The molecule has 2 amide bonds. The van der Waals surface area contributed by atoms with E-state index in [2.05, 4.69) is 4.98 Å². The normalized spacial score (nSPS) is 16.9. The van der Waals surface area contributed by atoms with Gasteiger partial charge in [0.05, 0.1) is 10.9 Å². The van der Waals surface area contributed by atoms with Crippen molar-refractivity contribution in [2.75, 3.05) is 32.4 Å². The molecule has 5 rings (SSSR count). The number of nitrogens with zero attached hydrogens (tertiary/aromatic N) is 4. The lowest BCUT2D eigenvalue weighted by atomic mass is 9.77. The van der Waals surface area contributed by atoms with E-state index in [9.17, 15) is 19.2 Å². The lowest BCUT2D eigenvalue weighted by Crippen LogP contribution is -2.44. The molecule has 0 unspecified atom stereocenters. The third-order valence-corrected chi connectivity index (χ3v) is 8.57. The molecule has 3 aromatic rings. The van der Waals surface area contributed by atoms with Gasteiger partial charge >= 0.3 is 0 Å². The van der Waals surface area contributed by atoms with E-state index in [1.54, 1.807) is 49.5 Å². The van der Waals surface area contributed by atoms with Crippen molar-refractivity contribution >= 4 is 40.3 Å². The highest BCUT2D eigenvalue weighted by molar-refractivity contribution is 7.98. The van der Waals surface area contributed by atoms with Crippen molar-refractivity contribution in [2.24, 2.45) is 12.5 Å². The highest BCUT2D eigenvalue weighted by Crippen LogP contribution is 2.41. The van der Waals surface area contributed by atoms with E-state index >= 15 is 0 Å². The van der Waals surface area contributed by atoms with Crippen molar-refractivity contribution in [3.05, 3.63) is 69.5 Å². The van der Waals surface area contributed by atoms with Crippen LogP contribution in [-0.4, -0.2) is 69.4 Å². The molecule has 192 valence electrons. The van der Waals surface area contributed by atoms with E-state index in [4.69, 9.17) is 0 Å². The van der Waals surface area contributed by atoms with E-state index in [0.29, 0.717) is 58.9 Å². The largest absolute Gasteiger partial charge is 0.339 e. The molecule has 0 saturated carbocycles. The number of amides is 2. The summed E-state index contributed by atoms with van der Waals surface area (Å²) in [6, 6.07) is 12.0. The summed E-state index contributed by atoms with van der Waals surface area (Å²) in [5, 5.41) is 1.11. The zero-order valence-corrected chi connectivity index (χ0v) is 22.1. The van der Waals surface area contributed by atoms with Crippen molar-refractivity contribution in [1.29, 1.82) is 0 Å². The van der Waals surface area contributed by atoms with Crippen LogP contribution in [0.4, 0.5) is 0 Å². The van der Waals surface area contributed by atoms with Crippen molar-refractivity contribution < 1.29 is 14.4 Å². The van der Waals surface area contributed by atoms with E-state index in [1.165, 1.54) is 23.3 Å². The first-order valence-electron chi connectivity index (χ1n) is 12.5. The minimum atomic E-state index is -0.121. The number of fused-ring (bicyclic) bond motifs is 1. The van der Waals surface area contributed by atoms with Crippen molar-refractivity contribution in [2.45, 2.75) is 31.3 Å². The van der Waals surface area contributed by atoms with Gasteiger partial charge in [0.15, 0.2) is 10.9 Å². The van der Waals surface area contributed by atoms with Crippen LogP contribution in [0.3, 0.4) is 0 Å². The summed E-state index contributed by atoms with van der Waals surface area (Å²) in [6.45, 7) is 4.15. The maximum Gasteiger partial charge on any atom is 0.261 e. The Morgan fingerprint density at radius 2 is 1.43 bits per heavy atom. The Labute approximate surface area is 219 Å². The van der Waals surface area contributed by atoms with Crippen molar-refractivity contribution in [1.82, 2.24) is 19.4 Å². The molecule has 2 fully saturated rings. The number of Topliss-reactive ketones (excluding diaryl/α,β-unsaturated/α-hetero) is 1. The third-order valence-electron chi connectivity index (χ3n) is 7.84. The van der Waals surface area contributed by atoms with E-state index in [1.807, 2.05) is 16.1 Å².